The van der Waals surface area contributed by atoms with Crippen LogP contribution >= 0.6 is 0 Å². The second-order valence-electron chi connectivity index (χ2n) is 1.17. The molecule has 0 radical (unpaired) electrons. The quantitative estimate of drug-likeness (QED) is 0.300. The van der Waals surface area contributed by atoms with Crippen LogP contribution in [0.3, 0.4) is 0 Å². The molecule has 0 aromatic heterocycles. The minimum Gasteiger partial charge on any atom is -0.359 e. The maximum Gasteiger partial charge on any atom is 0.280 e. The highest BCUT2D eigenvalue weighted by Gasteiger charge is 1.67. The molecule has 50 valence electrons. The van der Waals surface area contributed by atoms with Gasteiger partial charge >= 0.3 is 0 Å². The van der Waals surface area contributed by atoms with Crippen LogP contribution in [0.25, 0.3) is 0 Å². The standard InChI is InChI=1S/C3H10N2.BH5N2/c4-2-1-3-5;2-1-3/h1-5H2;1H,2-3H2. The third-order valence-electron chi connectivity index (χ3n) is 0.408. The van der Waals surface area contributed by atoms with Gasteiger partial charge in [0.1, 0.15) is 0 Å². The Morgan fingerprint density at radius 3 is 1.25 bits per heavy atom. The van der Waals surface area contributed by atoms with Gasteiger partial charge < -0.3 is 22.8 Å². The number of hydrogen-bond donors (Lipinski definition) is 4. The molecule has 0 aromatic carbocycles. The molecular formula is C3H15BN4. The Balaban J connectivity index is 0. The molecule has 8 heavy (non-hydrogen) atoms. The molecule has 0 saturated carbocycles. The summed E-state index contributed by atoms with van der Waals surface area (Å²) in [6.45, 7) is 1.44. The van der Waals surface area contributed by atoms with Crippen LogP contribution in [-0.4, -0.2) is 20.6 Å². The molecular weight excluding hydrogens is 103 g/mol. The smallest absolute Gasteiger partial charge is 0.280 e. The van der Waals surface area contributed by atoms with Crippen LogP contribution in [0.15, 0.2) is 0 Å². The lowest BCUT2D eigenvalue weighted by atomic mass is 10.3. The first-order valence-electron chi connectivity index (χ1n) is 2.63. The minimum atomic E-state index is 0.250. The van der Waals surface area contributed by atoms with Crippen LogP contribution in [0.2, 0.25) is 0 Å². The van der Waals surface area contributed by atoms with Crippen molar-refractivity contribution in [3.63, 3.8) is 0 Å². The van der Waals surface area contributed by atoms with Crippen molar-refractivity contribution >= 4 is 7.55 Å². The Morgan fingerprint density at radius 2 is 1.25 bits per heavy atom. The molecule has 4 nitrogen and oxygen atoms in total. The molecule has 0 spiro atoms. The fraction of sp³-hybridized carbons (Fsp3) is 1.00. The SMILES string of the molecule is NBN.NCCCN. The molecule has 0 amide bonds. The lowest BCUT2D eigenvalue weighted by Gasteiger charge is -1.81. The van der Waals surface area contributed by atoms with Crippen LogP contribution in [0, 0.1) is 0 Å². The molecule has 0 bridgehead atoms. The van der Waals surface area contributed by atoms with E-state index in [4.69, 9.17) is 11.5 Å². The lowest BCUT2D eigenvalue weighted by Crippen LogP contribution is -2.15. The van der Waals surface area contributed by atoms with E-state index in [1.807, 2.05) is 0 Å². The van der Waals surface area contributed by atoms with Gasteiger partial charge in [0.05, 0.1) is 0 Å². The Morgan fingerprint density at radius 1 is 1.00 bits per heavy atom. The Bertz CT molecular complexity index is 25.2. The topological polar surface area (TPSA) is 104 Å². The van der Waals surface area contributed by atoms with E-state index in [9.17, 15) is 0 Å². The molecule has 0 rings (SSSR count). The molecule has 0 fully saturated rings. The van der Waals surface area contributed by atoms with E-state index < -0.39 is 0 Å². The average molecular weight is 118 g/mol. The van der Waals surface area contributed by atoms with E-state index in [0.717, 1.165) is 19.5 Å². The van der Waals surface area contributed by atoms with Crippen molar-refractivity contribution in [1.29, 1.82) is 0 Å². The highest BCUT2D eigenvalue weighted by molar-refractivity contribution is 6.26. The van der Waals surface area contributed by atoms with E-state index >= 15 is 0 Å². The van der Waals surface area contributed by atoms with Gasteiger partial charge in [-0.15, -0.1) is 0 Å². The zero-order chi connectivity index (χ0) is 6.83. The Hall–Kier alpha value is -0.0951. The zero-order valence-electron chi connectivity index (χ0n) is 5.14. The van der Waals surface area contributed by atoms with Crippen LogP contribution in [0.5, 0.6) is 0 Å². The number of hydrogen-bond acceptors (Lipinski definition) is 4. The fourth-order valence-corrected chi connectivity index (χ4v) is 0.118. The van der Waals surface area contributed by atoms with Crippen molar-refractivity contribution in [1.82, 2.24) is 0 Å². The van der Waals surface area contributed by atoms with Crippen molar-refractivity contribution in [2.75, 3.05) is 13.1 Å². The van der Waals surface area contributed by atoms with Gasteiger partial charge in [-0.1, -0.05) is 0 Å². The predicted molar refractivity (Wildman–Crippen MR) is 38.2 cm³/mol. The second-order valence-corrected chi connectivity index (χ2v) is 1.17. The van der Waals surface area contributed by atoms with Crippen molar-refractivity contribution in [3.8, 4) is 0 Å². The van der Waals surface area contributed by atoms with Gasteiger partial charge in [0.2, 0.25) is 0 Å². The normalized spacial score (nSPS) is 7.00. The largest absolute Gasteiger partial charge is 0.359 e. The van der Waals surface area contributed by atoms with E-state index in [1.165, 1.54) is 0 Å². The second kappa shape index (κ2) is 15.8. The minimum absolute atomic E-state index is 0.250. The van der Waals surface area contributed by atoms with E-state index in [0.29, 0.717) is 0 Å². The first-order chi connectivity index (χ1) is 3.83. The maximum absolute atomic E-state index is 5.06. The molecule has 0 aliphatic heterocycles. The summed E-state index contributed by atoms with van der Waals surface area (Å²) in [7, 11) is 0.250. The van der Waals surface area contributed by atoms with Crippen molar-refractivity contribution in [3.05, 3.63) is 0 Å². The molecule has 0 saturated heterocycles. The summed E-state index contributed by atoms with van der Waals surface area (Å²) in [6.07, 6.45) is 0.944. The zero-order valence-corrected chi connectivity index (χ0v) is 5.14. The average Bonchev–Trinajstić information content (AvgIpc) is 1.71. The summed E-state index contributed by atoms with van der Waals surface area (Å²) in [5, 5.41) is 0. The van der Waals surface area contributed by atoms with Crippen LogP contribution in [-0.2, 0) is 0 Å². The van der Waals surface area contributed by atoms with Gasteiger partial charge in [-0.3, -0.25) is 0 Å². The first-order valence-corrected chi connectivity index (χ1v) is 2.63. The van der Waals surface area contributed by atoms with Crippen molar-refractivity contribution in [2.24, 2.45) is 22.8 Å². The summed E-state index contributed by atoms with van der Waals surface area (Å²) >= 11 is 0. The number of nitrogens with two attached hydrogens (primary N) is 4. The van der Waals surface area contributed by atoms with Gasteiger partial charge in [-0.25, -0.2) is 0 Å². The van der Waals surface area contributed by atoms with Crippen LogP contribution < -0.4 is 22.8 Å². The van der Waals surface area contributed by atoms with Gasteiger partial charge in [-0.05, 0) is 19.5 Å². The van der Waals surface area contributed by atoms with Gasteiger partial charge in [-0.2, -0.15) is 0 Å². The maximum atomic E-state index is 5.06. The first kappa shape index (κ1) is 10.8. The third-order valence-corrected chi connectivity index (χ3v) is 0.408. The van der Waals surface area contributed by atoms with Gasteiger partial charge in [0.25, 0.3) is 7.55 Å². The summed E-state index contributed by atoms with van der Waals surface area (Å²) in [5.41, 5.74) is 19.4. The summed E-state index contributed by atoms with van der Waals surface area (Å²) < 4.78 is 0. The molecule has 0 heterocycles. The Kier molecular flexibility index (Phi) is 21.3. The molecule has 0 aliphatic rings. The van der Waals surface area contributed by atoms with Crippen molar-refractivity contribution < 1.29 is 0 Å². The molecule has 0 aromatic rings. The highest BCUT2D eigenvalue weighted by atomic mass is 14.6. The molecule has 0 unspecified atom stereocenters. The summed E-state index contributed by atoms with van der Waals surface area (Å²) in [5.74, 6) is 0. The molecule has 0 aliphatic carbocycles. The van der Waals surface area contributed by atoms with Gasteiger partial charge in [0.15, 0.2) is 0 Å². The van der Waals surface area contributed by atoms with Crippen LogP contribution in [0.4, 0.5) is 0 Å². The van der Waals surface area contributed by atoms with E-state index in [-0.39, 0.29) is 7.55 Å². The molecule has 8 N–H and O–H groups in total. The van der Waals surface area contributed by atoms with E-state index in [2.05, 4.69) is 11.3 Å². The van der Waals surface area contributed by atoms with Gasteiger partial charge in [0, 0.05) is 0 Å². The molecule has 0 atom stereocenters. The Labute approximate surface area is 50.9 Å². The van der Waals surface area contributed by atoms with E-state index in [1.54, 1.807) is 0 Å². The third kappa shape index (κ3) is 39.1. The van der Waals surface area contributed by atoms with Crippen LogP contribution in [0.1, 0.15) is 6.42 Å². The predicted octanol–water partition coefficient (Wildman–Crippen LogP) is -2.54. The fourth-order valence-electron chi connectivity index (χ4n) is 0.118. The molecule has 5 heteroatoms. The monoisotopic (exact) mass is 118 g/mol. The van der Waals surface area contributed by atoms with Crippen molar-refractivity contribution in [2.45, 2.75) is 6.42 Å². The number of rotatable bonds is 2. The summed E-state index contributed by atoms with van der Waals surface area (Å²) in [4.78, 5) is 0. The highest BCUT2D eigenvalue weighted by Crippen LogP contribution is 1.58. The summed E-state index contributed by atoms with van der Waals surface area (Å²) in [6, 6.07) is 0. The lowest BCUT2D eigenvalue weighted by molar-refractivity contribution is 0.844.